The van der Waals surface area contributed by atoms with E-state index in [0.29, 0.717) is 12.0 Å². The van der Waals surface area contributed by atoms with E-state index < -0.39 is 10.1 Å². The van der Waals surface area contributed by atoms with E-state index in [1.165, 1.54) is 12.0 Å². The number of benzene rings is 2. The number of hydrogen-bond donors (Lipinski definition) is 0. The molecule has 28 heavy (non-hydrogen) atoms. The molecule has 2 saturated heterocycles. The molecule has 0 amide bonds. The van der Waals surface area contributed by atoms with Gasteiger partial charge in [-0.05, 0) is 62.1 Å². The van der Waals surface area contributed by atoms with Gasteiger partial charge in [0.1, 0.15) is 0 Å². The number of nitrogens with zero attached hydrogens (tertiary/aromatic N) is 1. The lowest BCUT2D eigenvalue weighted by atomic mass is 9.62. The molecule has 3 unspecified atom stereocenters. The van der Waals surface area contributed by atoms with Gasteiger partial charge in [0.2, 0.25) is 0 Å². The molecule has 2 aromatic carbocycles. The number of aryl methyl sites for hydroxylation is 1. The largest absolute Gasteiger partial charge is 0.297 e. The summed E-state index contributed by atoms with van der Waals surface area (Å²) in [5, 5.41) is 0. The highest BCUT2D eigenvalue weighted by Gasteiger charge is 2.54. The molecular weight excluding hydrogens is 370 g/mol. The Morgan fingerprint density at radius 3 is 2.46 bits per heavy atom. The standard InChI is InChI=1S/C23H27NO3S/c1-16-7-9-21(10-8-16)28(25,26)27-23-19-11-18-12-20(14-19)24(22(23)13-18)15-17-5-3-2-4-6-17/h2-10,18-20,22-23H,11-15H2,1H3/t18?,19?,20-,22+,23?/m1/s1. The van der Waals surface area contributed by atoms with Gasteiger partial charge in [-0.2, -0.15) is 8.42 Å². The molecular formula is C23H27NO3S. The van der Waals surface area contributed by atoms with E-state index in [1.807, 2.05) is 25.1 Å². The van der Waals surface area contributed by atoms with Gasteiger partial charge in [-0.1, -0.05) is 48.0 Å². The summed E-state index contributed by atoms with van der Waals surface area (Å²) in [5.41, 5.74) is 2.33. The molecule has 4 bridgehead atoms. The minimum atomic E-state index is -3.74. The Kier molecular flexibility index (Phi) is 4.57. The van der Waals surface area contributed by atoms with Gasteiger partial charge in [0, 0.05) is 18.6 Å². The lowest BCUT2D eigenvalue weighted by molar-refractivity contribution is -0.130. The fourth-order valence-corrected chi connectivity index (χ4v) is 6.82. The lowest BCUT2D eigenvalue weighted by Crippen LogP contribution is -2.65. The number of rotatable bonds is 5. The van der Waals surface area contributed by atoms with Crippen molar-refractivity contribution in [1.29, 1.82) is 0 Å². The van der Waals surface area contributed by atoms with Crippen molar-refractivity contribution in [2.45, 2.75) is 62.2 Å². The van der Waals surface area contributed by atoms with Crippen LogP contribution >= 0.6 is 0 Å². The van der Waals surface area contributed by atoms with Gasteiger partial charge < -0.3 is 0 Å². The second kappa shape index (κ2) is 6.97. The number of hydrogen-bond acceptors (Lipinski definition) is 4. The van der Waals surface area contributed by atoms with Crippen LogP contribution in [0.25, 0.3) is 0 Å². The Hall–Kier alpha value is -1.69. The number of piperidine rings is 2. The maximum absolute atomic E-state index is 13.0. The van der Waals surface area contributed by atoms with Crippen molar-refractivity contribution in [3.63, 3.8) is 0 Å². The van der Waals surface area contributed by atoms with Crippen molar-refractivity contribution in [3.05, 3.63) is 65.7 Å². The Bertz CT molecular complexity index is 942. The third kappa shape index (κ3) is 3.30. The molecule has 4 fully saturated rings. The molecule has 0 radical (unpaired) electrons. The zero-order chi connectivity index (χ0) is 19.3. The van der Waals surface area contributed by atoms with Crippen LogP contribution in [0.3, 0.4) is 0 Å². The zero-order valence-electron chi connectivity index (χ0n) is 16.2. The van der Waals surface area contributed by atoms with Gasteiger partial charge in [0.25, 0.3) is 10.1 Å². The Labute approximate surface area is 167 Å². The van der Waals surface area contributed by atoms with E-state index >= 15 is 0 Å². The van der Waals surface area contributed by atoms with Gasteiger partial charge in [-0.3, -0.25) is 9.08 Å². The van der Waals surface area contributed by atoms with Crippen molar-refractivity contribution in [2.24, 2.45) is 11.8 Å². The second-order valence-electron chi connectivity index (χ2n) is 8.78. The third-order valence-corrected chi connectivity index (χ3v) is 8.21. The molecule has 2 aromatic rings. The predicted molar refractivity (Wildman–Crippen MR) is 108 cm³/mol. The molecule has 148 valence electrons. The summed E-state index contributed by atoms with van der Waals surface area (Å²) in [7, 11) is -3.74. The third-order valence-electron chi connectivity index (χ3n) is 6.89. The van der Waals surface area contributed by atoms with E-state index in [4.69, 9.17) is 4.18 Å². The molecule has 0 spiro atoms. The minimum Gasteiger partial charge on any atom is -0.291 e. The summed E-state index contributed by atoms with van der Waals surface area (Å²) in [4.78, 5) is 2.79. The van der Waals surface area contributed by atoms with Crippen LogP contribution in [0.15, 0.2) is 59.5 Å². The minimum absolute atomic E-state index is 0.191. The summed E-state index contributed by atoms with van der Waals surface area (Å²) in [6.45, 7) is 2.83. The van der Waals surface area contributed by atoms with Crippen LogP contribution in [0.1, 0.15) is 36.8 Å². The molecule has 0 N–H and O–H groups in total. The van der Waals surface area contributed by atoms with E-state index in [2.05, 4.69) is 29.2 Å². The second-order valence-corrected chi connectivity index (χ2v) is 10.3. The zero-order valence-corrected chi connectivity index (χ0v) is 17.0. The highest BCUT2D eigenvalue weighted by Crippen LogP contribution is 2.51. The smallest absolute Gasteiger partial charge is 0.291 e. The lowest BCUT2D eigenvalue weighted by Gasteiger charge is -2.59. The van der Waals surface area contributed by atoms with Crippen molar-refractivity contribution in [2.75, 3.05) is 0 Å². The summed E-state index contributed by atoms with van der Waals surface area (Å²) in [6, 6.07) is 18.2. The van der Waals surface area contributed by atoms with Crippen LogP contribution in [-0.2, 0) is 20.8 Å². The summed E-state index contributed by atoms with van der Waals surface area (Å²) < 4.78 is 31.9. The first-order valence-corrected chi connectivity index (χ1v) is 11.7. The average Bonchev–Trinajstić information content (AvgIpc) is 2.68. The summed E-state index contributed by atoms with van der Waals surface area (Å²) >= 11 is 0. The van der Waals surface area contributed by atoms with Gasteiger partial charge >= 0.3 is 0 Å². The maximum Gasteiger partial charge on any atom is 0.297 e. The summed E-state index contributed by atoms with van der Waals surface area (Å²) in [5.74, 6) is 1.08. The molecule has 5 atom stereocenters. The molecule has 2 aliphatic carbocycles. The molecule has 2 heterocycles. The van der Waals surface area contributed by atoms with Gasteiger partial charge in [-0.15, -0.1) is 0 Å². The molecule has 4 aliphatic rings. The molecule has 5 heteroatoms. The van der Waals surface area contributed by atoms with Crippen LogP contribution < -0.4 is 0 Å². The van der Waals surface area contributed by atoms with E-state index in [-0.39, 0.29) is 17.0 Å². The molecule has 0 aromatic heterocycles. The Balaban J connectivity index is 1.40. The van der Waals surface area contributed by atoms with Crippen molar-refractivity contribution >= 4 is 10.1 Å². The van der Waals surface area contributed by atoms with Crippen molar-refractivity contribution < 1.29 is 12.6 Å². The highest BCUT2D eigenvalue weighted by atomic mass is 32.2. The molecule has 6 rings (SSSR count). The van der Waals surface area contributed by atoms with Crippen molar-refractivity contribution in [1.82, 2.24) is 4.90 Å². The average molecular weight is 398 g/mol. The topological polar surface area (TPSA) is 46.6 Å². The van der Waals surface area contributed by atoms with Crippen molar-refractivity contribution in [3.8, 4) is 0 Å². The first kappa shape index (κ1) is 18.3. The molecule has 2 aliphatic heterocycles. The monoisotopic (exact) mass is 397 g/mol. The highest BCUT2D eigenvalue weighted by molar-refractivity contribution is 7.86. The van der Waals surface area contributed by atoms with Crippen LogP contribution in [0.4, 0.5) is 0 Å². The normalized spacial score (nSPS) is 32.0. The van der Waals surface area contributed by atoms with Crippen LogP contribution in [0.5, 0.6) is 0 Å². The maximum atomic E-state index is 13.0. The van der Waals surface area contributed by atoms with Crippen LogP contribution in [0.2, 0.25) is 0 Å². The predicted octanol–water partition coefficient (Wildman–Crippen LogP) is 4.14. The Morgan fingerprint density at radius 2 is 1.71 bits per heavy atom. The van der Waals surface area contributed by atoms with Gasteiger partial charge in [-0.25, -0.2) is 0 Å². The fourth-order valence-electron chi connectivity index (χ4n) is 5.66. The van der Waals surface area contributed by atoms with Gasteiger partial charge in [0.05, 0.1) is 11.0 Å². The van der Waals surface area contributed by atoms with Gasteiger partial charge in [0.15, 0.2) is 0 Å². The van der Waals surface area contributed by atoms with Crippen LogP contribution in [0, 0.1) is 18.8 Å². The van der Waals surface area contributed by atoms with E-state index in [1.54, 1.807) is 12.1 Å². The molecule has 2 saturated carbocycles. The SMILES string of the molecule is Cc1ccc(S(=O)(=O)OC2C3CC4C[C@H](C3)N(Cc3ccccc3)[C@H]2C4)cc1. The van der Waals surface area contributed by atoms with E-state index in [9.17, 15) is 8.42 Å². The Morgan fingerprint density at radius 1 is 0.964 bits per heavy atom. The first-order chi connectivity index (χ1) is 13.5. The molecule has 4 nitrogen and oxygen atoms in total. The summed E-state index contributed by atoms with van der Waals surface area (Å²) in [6.07, 6.45) is 4.22. The first-order valence-electron chi connectivity index (χ1n) is 10.3. The van der Waals surface area contributed by atoms with Crippen LogP contribution in [-0.4, -0.2) is 31.5 Å². The van der Waals surface area contributed by atoms with E-state index in [0.717, 1.165) is 37.3 Å². The quantitative estimate of drug-likeness (QED) is 0.712. The fraction of sp³-hybridized carbons (Fsp3) is 0.478.